The highest BCUT2D eigenvalue weighted by Gasteiger charge is 2.25. The lowest BCUT2D eigenvalue weighted by Crippen LogP contribution is -2.35. The van der Waals surface area contributed by atoms with E-state index in [0.717, 1.165) is 32.5 Å². The molecule has 1 aromatic heterocycles. The summed E-state index contributed by atoms with van der Waals surface area (Å²) in [7, 11) is 3.47. The van der Waals surface area contributed by atoms with Crippen LogP contribution in [-0.4, -0.2) is 62.4 Å². The molecule has 7 heteroatoms. The normalized spacial score (nSPS) is 21.3. The molecule has 0 amide bonds. The van der Waals surface area contributed by atoms with Crippen molar-refractivity contribution in [2.75, 3.05) is 46.9 Å². The van der Waals surface area contributed by atoms with E-state index in [2.05, 4.69) is 17.3 Å². The van der Waals surface area contributed by atoms with Gasteiger partial charge in [-0.05, 0) is 26.4 Å². The average Bonchev–Trinajstić information content (AvgIpc) is 2.86. The van der Waals surface area contributed by atoms with E-state index in [0.29, 0.717) is 49.0 Å². The molecule has 1 fully saturated rings. The molecule has 138 valence electrons. The first-order valence-electron chi connectivity index (χ1n) is 8.97. The fourth-order valence-corrected chi connectivity index (χ4v) is 3.75. The SMILES string of the molecule is COC(=O)c1c(OCC2CCCN(C)C2)cc(=O)n2c1CCNCC2. The van der Waals surface area contributed by atoms with E-state index >= 15 is 0 Å². The topological polar surface area (TPSA) is 72.8 Å². The minimum atomic E-state index is -0.443. The van der Waals surface area contributed by atoms with Gasteiger partial charge in [0.05, 0.1) is 13.7 Å². The first kappa shape index (κ1) is 17.9. The van der Waals surface area contributed by atoms with Gasteiger partial charge in [0.15, 0.2) is 0 Å². The van der Waals surface area contributed by atoms with Crippen LogP contribution in [0.4, 0.5) is 0 Å². The van der Waals surface area contributed by atoms with Crippen molar-refractivity contribution in [3.63, 3.8) is 0 Å². The molecule has 0 spiro atoms. The number of nitrogens with zero attached hydrogens (tertiary/aromatic N) is 2. The Hall–Kier alpha value is -1.86. The predicted octanol–water partition coefficient (Wildman–Crippen LogP) is 0.501. The summed E-state index contributed by atoms with van der Waals surface area (Å²) in [6, 6.07) is 1.44. The molecule has 2 aliphatic rings. The summed E-state index contributed by atoms with van der Waals surface area (Å²) in [6.07, 6.45) is 2.85. The van der Waals surface area contributed by atoms with Gasteiger partial charge in [-0.1, -0.05) is 0 Å². The molecule has 0 aliphatic carbocycles. The Kier molecular flexibility index (Phi) is 5.75. The van der Waals surface area contributed by atoms with Crippen molar-refractivity contribution in [2.24, 2.45) is 5.92 Å². The molecular weight excluding hydrogens is 322 g/mol. The van der Waals surface area contributed by atoms with Crippen LogP contribution in [0.1, 0.15) is 28.9 Å². The number of fused-ring (bicyclic) bond motifs is 1. The number of likely N-dealkylation sites (tertiary alicyclic amines) is 1. The van der Waals surface area contributed by atoms with Gasteiger partial charge < -0.3 is 24.3 Å². The van der Waals surface area contributed by atoms with Crippen molar-refractivity contribution in [3.8, 4) is 5.75 Å². The van der Waals surface area contributed by atoms with Crippen LogP contribution in [0.5, 0.6) is 5.75 Å². The van der Waals surface area contributed by atoms with Crippen LogP contribution in [0.15, 0.2) is 10.9 Å². The summed E-state index contributed by atoms with van der Waals surface area (Å²) in [5.74, 6) is 0.326. The van der Waals surface area contributed by atoms with E-state index in [1.807, 2.05) is 0 Å². The summed E-state index contributed by atoms with van der Waals surface area (Å²) in [4.78, 5) is 27.2. The zero-order chi connectivity index (χ0) is 17.8. The number of piperidine rings is 1. The van der Waals surface area contributed by atoms with E-state index in [-0.39, 0.29) is 5.56 Å². The Labute approximate surface area is 147 Å². The fourth-order valence-electron chi connectivity index (χ4n) is 3.75. The maximum Gasteiger partial charge on any atom is 0.343 e. The number of carbonyl (C=O) groups excluding carboxylic acids is 1. The van der Waals surface area contributed by atoms with Crippen LogP contribution in [0, 0.1) is 5.92 Å². The van der Waals surface area contributed by atoms with Gasteiger partial charge in [-0.25, -0.2) is 4.79 Å². The lowest BCUT2D eigenvalue weighted by molar-refractivity contribution is 0.0590. The molecule has 0 saturated carbocycles. The summed E-state index contributed by atoms with van der Waals surface area (Å²) in [6.45, 7) is 4.57. The molecule has 2 aliphatic heterocycles. The average molecular weight is 349 g/mol. The second kappa shape index (κ2) is 8.01. The number of methoxy groups -OCH3 is 1. The Morgan fingerprint density at radius 2 is 2.20 bits per heavy atom. The van der Waals surface area contributed by atoms with Gasteiger partial charge in [-0.3, -0.25) is 4.79 Å². The number of nitrogens with one attached hydrogen (secondary N) is 1. The molecule has 0 radical (unpaired) electrons. The van der Waals surface area contributed by atoms with E-state index in [1.54, 1.807) is 4.57 Å². The maximum absolute atomic E-state index is 12.5. The number of pyridine rings is 1. The van der Waals surface area contributed by atoms with E-state index in [1.165, 1.54) is 13.2 Å². The number of esters is 1. The van der Waals surface area contributed by atoms with E-state index in [9.17, 15) is 9.59 Å². The van der Waals surface area contributed by atoms with Gasteiger partial charge in [0.25, 0.3) is 5.56 Å². The summed E-state index contributed by atoms with van der Waals surface area (Å²) in [5, 5.41) is 3.26. The van der Waals surface area contributed by atoms with Gasteiger partial charge in [0.2, 0.25) is 0 Å². The standard InChI is InChI=1S/C18H27N3O4/c1-20-8-3-4-13(11-20)12-25-15-10-16(22)21-9-7-19-6-5-14(21)17(15)18(23)24-2/h10,13,19H,3-9,11-12H2,1-2H3. The molecule has 0 aromatic carbocycles. The monoisotopic (exact) mass is 349 g/mol. The number of aromatic nitrogens is 1. The molecule has 1 N–H and O–H groups in total. The Balaban J connectivity index is 1.89. The largest absolute Gasteiger partial charge is 0.492 e. The first-order chi connectivity index (χ1) is 12.1. The van der Waals surface area contributed by atoms with Gasteiger partial charge in [-0.15, -0.1) is 0 Å². The smallest absolute Gasteiger partial charge is 0.343 e. The number of hydrogen-bond donors (Lipinski definition) is 1. The van der Waals surface area contributed by atoms with Crippen LogP contribution >= 0.6 is 0 Å². The third-order valence-corrected chi connectivity index (χ3v) is 5.02. The third-order valence-electron chi connectivity index (χ3n) is 5.02. The van der Waals surface area contributed by atoms with Crippen LogP contribution in [0.25, 0.3) is 0 Å². The number of carbonyl (C=O) groups is 1. The van der Waals surface area contributed by atoms with Gasteiger partial charge in [0, 0.05) is 50.3 Å². The number of hydrogen-bond acceptors (Lipinski definition) is 6. The minimum absolute atomic E-state index is 0.123. The highest BCUT2D eigenvalue weighted by molar-refractivity contribution is 5.93. The summed E-state index contributed by atoms with van der Waals surface area (Å²) < 4.78 is 12.6. The quantitative estimate of drug-likeness (QED) is 0.798. The number of rotatable bonds is 4. The fraction of sp³-hybridized carbons (Fsp3) is 0.667. The highest BCUT2D eigenvalue weighted by Crippen LogP contribution is 2.25. The van der Waals surface area contributed by atoms with Crippen LogP contribution in [0.2, 0.25) is 0 Å². The minimum Gasteiger partial charge on any atom is -0.492 e. The predicted molar refractivity (Wildman–Crippen MR) is 94.3 cm³/mol. The second-order valence-electron chi connectivity index (χ2n) is 6.89. The van der Waals surface area contributed by atoms with Gasteiger partial charge in [0.1, 0.15) is 11.3 Å². The Bertz CT molecular complexity index is 686. The summed E-state index contributed by atoms with van der Waals surface area (Å²) >= 11 is 0. The molecule has 1 unspecified atom stereocenters. The van der Waals surface area contributed by atoms with E-state index < -0.39 is 5.97 Å². The molecule has 0 bridgehead atoms. The van der Waals surface area contributed by atoms with Crippen LogP contribution < -0.4 is 15.6 Å². The summed E-state index contributed by atoms with van der Waals surface area (Å²) in [5.41, 5.74) is 0.984. The molecule has 1 saturated heterocycles. The Morgan fingerprint density at radius 3 is 2.96 bits per heavy atom. The zero-order valence-corrected chi connectivity index (χ0v) is 15.0. The van der Waals surface area contributed by atoms with Gasteiger partial charge in [-0.2, -0.15) is 0 Å². The highest BCUT2D eigenvalue weighted by atomic mass is 16.5. The molecule has 1 atom stereocenters. The van der Waals surface area contributed by atoms with Crippen molar-refractivity contribution in [2.45, 2.75) is 25.8 Å². The van der Waals surface area contributed by atoms with Crippen molar-refractivity contribution >= 4 is 5.97 Å². The Morgan fingerprint density at radius 1 is 1.36 bits per heavy atom. The zero-order valence-electron chi connectivity index (χ0n) is 15.0. The molecule has 25 heavy (non-hydrogen) atoms. The van der Waals surface area contributed by atoms with Crippen molar-refractivity contribution in [3.05, 3.63) is 27.7 Å². The molecule has 3 rings (SSSR count). The van der Waals surface area contributed by atoms with Crippen LogP contribution in [-0.2, 0) is 17.7 Å². The number of ether oxygens (including phenoxy) is 2. The van der Waals surface area contributed by atoms with Crippen molar-refractivity contribution in [1.29, 1.82) is 0 Å². The van der Waals surface area contributed by atoms with E-state index in [4.69, 9.17) is 9.47 Å². The van der Waals surface area contributed by atoms with Crippen molar-refractivity contribution < 1.29 is 14.3 Å². The molecular formula is C18H27N3O4. The molecule has 7 nitrogen and oxygen atoms in total. The lowest BCUT2D eigenvalue weighted by atomic mass is 9.99. The maximum atomic E-state index is 12.5. The first-order valence-corrected chi connectivity index (χ1v) is 8.97. The molecule has 1 aromatic rings. The van der Waals surface area contributed by atoms with Crippen molar-refractivity contribution in [1.82, 2.24) is 14.8 Å². The second-order valence-corrected chi connectivity index (χ2v) is 6.89. The lowest BCUT2D eigenvalue weighted by Gasteiger charge is -2.29. The van der Waals surface area contributed by atoms with Gasteiger partial charge >= 0.3 is 5.97 Å². The van der Waals surface area contributed by atoms with Crippen LogP contribution in [0.3, 0.4) is 0 Å². The third kappa shape index (κ3) is 4.04. The molecule has 3 heterocycles.